The van der Waals surface area contributed by atoms with Gasteiger partial charge in [-0.25, -0.2) is 4.99 Å². The van der Waals surface area contributed by atoms with Crippen LogP contribution in [0.3, 0.4) is 0 Å². The van der Waals surface area contributed by atoms with E-state index in [1.165, 1.54) is 13.0 Å². The van der Waals surface area contributed by atoms with E-state index in [0.29, 0.717) is 11.1 Å². The lowest BCUT2D eigenvalue weighted by atomic mass is 10.1. The number of H-pyrrole nitrogens is 1. The monoisotopic (exact) mass is 343 g/mol. The second-order valence-corrected chi connectivity index (χ2v) is 6.12. The molecule has 7 nitrogen and oxygen atoms in total. The van der Waals surface area contributed by atoms with Crippen molar-refractivity contribution in [1.82, 2.24) is 9.97 Å². The van der Waals surface area contributed by atoms with Gasteiger partial charge in [0.05, 0.1) is 12.5 Å². The van der Waals surface area contributed by atoms with Gasteiger partial charge in [0.2, 0.25) is 5.88 Å². The summed E-state index contributed by atoms with van der Waals surface area (Å²) >= 11 is 0.860. The Hall–Kier alpha value is -2.87. The van der Waals surface area contributed by atoms with Gasteiger partial charge in [0.1, 0.15) is 11.4 Å². The average Bonchev–Trinajstić information content (AvgIpc) is 2.86. The molecule has 0 spiro atoms. The zero-order chi connectivity index (χ0) is 17.3. The molecule has 0 unspecified atom stereocenters. The predicted molar refractivity (Wildman–Crippen MR) is 88.0 cm³/mol. The number of imidazole rings is 1. The summed E-state index contributed by atoms with van der Waals surface area (Å²) in [6.07, 6.45) is 3.10. The number of fused-ring (bicyclic) bond motifs is 1. The number of hydrogen-bond donors (Lipinski definition) is 2. The maximum Gasteiger partial charge on any atom is 0.277 e. The molecule has 1 amide bonds. The molecule has 0 fully saturated rings. The number of aromatic amines is 1. The van der Waals surface area contributed by atoms with E-state index in [9.17, 15) is 14.7 Å². The highest BCUT2D eigenvalue weighted by Gasteiger charge is 2.15. The maximum atomic E-state index is 12.1. The number of carbonyl (C=O) groups is 2. The number of benzene rings is 1. The van der Waals surface area contributed by atoms with Gasteiger partial charge in [-0.05, 0) is 42.1 Å². The quantitative estimate of drug-likeness (QED) is 0.630. The first kappa shape index (κ1) is 16.0. The fourth-order valence-electron chi connectivity index (χ4n) is 2.18. The molecule has 0 bridgehead atoms. The van der Waals surface area contributed by atoms with Gasteiger partial charge in [-0.3, -0.25) is 9.59 Å². The van der Waals surface area contributed by atoms with Crippen molar-refractivity contribution in [2.45, 2.75) is 12.1 Å². The molecule has 0 atom stereocenters. The summed E-state index contributed by atoms with van der Waals surface area (Å²) in [4.78, 5) is 33.9. The molecular weight excluding hydrogens is 330 g/mol. The summed E-state index contributed by atoms with van der Waals surface area (Å²) in [5, 5.41) is 11.2. The Morgan fingerprint density at radius 2 is 2.21 bits per heavy atom. The third-order valence-electron chi connectivity index (χ3n) is 3.24. The summed E-state index contributed by atoms with van der Waals surface area (Å²) in [6.45, 7) is 1.39. The minimum Gasteiger partial charge on any atom is -0.497 e. The van der Waals surface area contributed by atoms with Crippen molar-refractivity contribution in [3.8, 4) is 11.6 Å². The molecule has 1 aromatic heterocycles. The van der Waals surface area contributed by atoms with E-state index in [2.05, 4.69) is 15.0 Å². The Morgan fingerprint density at radius 1 is 1.42 bits per heavy atom. The van der Waals surface area contributed by atoms with Crippen LogP contribution in [0.2, 0.25) is 0 Å². The van der Waals surface area contributed by atoms with Gasteiger partial charge in [0, 0.05) is 17.7 Å². The largest absolute Gasteiger partial charge is 0.497 e. The molecule has 0 radical (unpaired) electrons. The third kappa shape index (κ3) is 3.23. The number of rotatable bonds is 3. The molecule has 3 rings (SSSR count). The van der Waals surface area contributed by atoms with Crippen molar-refractivity contribution in [3.63, 3.8) is 0 Å². The van der Waals surface area contributed by atoms with Gasteiger partial charge < -0.3 is 14.8 Å². The van der Waals surface area contributed by atoms with Crippen LogP contribution in [-0.4, -0.2) is 33.2 Å². The third-order valence-corrected chi connectivity index (χ3v) is 3.92. The van der Waals surface area contributed by atoms with Gasteiger partial charge in [-0.15, -0.1) is 0 Å². The molecule has 2 N–H and O–H groups in total. The first-order valence-electron chi connectivity index (χ1n) is 6.94. The summed E-state index contributed by atoms with van der Waals surface area (Å²) in [6, 6.07) is 5.20. The molecule has 0 aliphatic carbocycles. The number of aromatic hydroxyl groups is 1. The highest BCUT2D eigenvalue weighted by Crippen LogP contribution is 2.24. The Bertz CT molecular complexity index is 991. The van der Waals surface area contributed by atoms with Gasteiger partial charge in [0.25, 0.3) is 5.91 Å². The van der Waals surface area contributed by atoms with Crippen molar-refractivity contribution in [3.05, 3.63) is 40.0 Å². The lowest BCUT2D eigenvalue weighted by Gasteiger charge is -2.04. The van der Waals surface area contributed by atoms with Crippen LogP contribution in [0.5, 0.6) is 11.6 Å². The number of hydrogen-bond acceptors (Lipinski definition) is 6. The molecule has 1 aromatic carbocycles. The smallest absolute Gasteiger partial charge is 0.277 e. The van der Waals surface area contributed by atoms with Gasteiger partial charge in [-0.1, -0.05) is 0 Å². The Kier molecular flexibility index (Phi) is 4.22. The number of carbonyl (C=O) groups excluding carboxylic acids is 2. The van der Waals surface area contributed by atoms with Crippen molar-refractivity contribution in [1.29, 1.82) is 0 Å². The highest BCUT2D eigenvalue weighted by molar-refractivity contribution is 8.13. The van der Waals surface area contributed by atoms with Crippen LogP contribution < -0.4 is 15.3 Å². The first-order chi connectivity index (χ1) is 11.5. The second kappa shape index (κ2) is 6.32. The summed E-state index contributed by atoms with van der Waals surface area (Å²) in [5.74, 6) is -0.0650. The highest BCUT2D eigenvalue weighted by atomic mass is 32.2. The zero-order valence-corrected chi connectivity index (χ0v) is 13.7. The van der Waals surface area contributed by atoms with E-state index in [4.69, 9.17) is 4.74 Å². The van der Waals surface area contributed by atoms with Gasteiger partial charge >= 0.3 is 0 Å². The van der Waals surface area contributed by atoms with E-state index in [1.54, 1.807) is 31.4 Å². The number of amides is 1. The Labute approximate surface area is 140 Å². The molecule has 1 aliphatic rings. The van der Waals surface area contributed by atoms with E-state index in [0.717, 1.165) is 17.0 Å². The summed E-state index contributed by atoms with van der Waals surface area (Å²) in [7, 11) is 1.56. The number of aromatic nitrogens is 2. The van der Waals surface area contributed by atoms with E-state index in [-0.39, 0.29) is 27.4 Å². The number of ether oxygens (including phenoxy) is 1. The number of methoxy groups -OCH3 is 1. The lowest BCUT2D eigenvalue weighted by Crippen LogP contribution is -2.30. The Balaban J connectivity index is 2.04. The van der Waals surface area contributed by atoms with Crippen molar-refractivity contribution in [2.75, 3.05) is 7.11 Å². The fourth-order valence-corrected chi connectivity index (χ4v) is 2.75. The zero-order valence-electron chi connectivity index (χ0n) is 12.9. The van der Waals surface area contributed by atoms with Gasteiger partial charge in [0.15, 0.2) is 10.3 Å². The molecule has 1 aliphatic heterocycles. The molecule has 0 saturated heterocycles. The Morgan fingerprint density at radius 3 is 2.92 bits per heavy atom. The topological polar surface area (TPSA) is 105 Å². The van der Waals surface area contributed by atoms with Crippen molar-refractivity contribution >= 4 is 34.9 Å². The average molecular weight is 343 g/mol. The van der Waals surface area contributed by atoms with E-state index >= 15 is 0 Å². The lowest BCUT2D eigenvalue weighted by molar-refractivity contribution is -0.114. The molecule has 24 heavy (non-hydrogen) atoms. The van der Waals surface area contributed by atoms with Crippen LogP contribution in [-0.2, 0) is 9.59 Å². The number of nitrogens with zero attached hydrogens (tertiary/aromatic N) is 2. The summed E-state index contributed by atoms with van der Waals surface area (Å²) in [5.41, 5.74) is 0.522. The number of thioether (sulfide) groups is 1. The minimum absolute atomic E-state index is 0.167. The molecule has 2 heterocycles. The maximum absolute atomic E-state index is 12.1. The SMILES string of the molecule is COc1ccc2c(c1)=CC(=Cc1[nH]c(SC(C)=O)nc1O)C(=O)N=2. The van der Waals surface area contributed by atoms with Crippen LogP contribution in [0.4, 0.5) is 0 Å². The van der Waals surface area contributed by atoms with Crippen LogP contribution in [0, 0.1) is 0 Å². The van der Waals surface area contributed by atoms with Crippen molar-refractivity contribution < 1.29 is 19.4 Å². The van der Waals surface area contributed by atoms with Crippen LogP contribution >= 0.6 is 11.8 Å². The van der Waals surface area contributed by atoms with E-state index < -0.39 is 5.91 Å². The van der Waals surface area contributed by atoms with Gasteiger partial charge in [-0.2, -0.15) is 4.98 Å². The van der Waals surface area contributed by atoms with E-state index in [1.807, 2.05) is 0 Å². The molecule has 2 aromatic rings. The molecule has 8 heteroatoms. The molecule has 0 saturated carbocycles. The van der Waals surface area contributed by atoms with Crippen LogP contribution in [0.15, 0.2) is 33.9 Å². The van der Waals surface area contributed by atoms with Crippen LogP contribution in [0.25, 0.3) is 12.2 Å². The normalized spacial score (nSPS) is 14.8. The standard InChI is InChI=1S/C16H13N3O4S/c1-8(20)24-16-18-13(15(22)19-16)7-10-5-9-6-11(23-2)3-4-12(9)17-14(10)21/h3-7,22H,1-2H3,(H,18,19). The second-order valence-electron chi connectivity index (χ2n) is 4.96. The fraction of sp³-hybridized carbons (Fsp3) is 0.125. The minimum atomic E-state index is -0.428. The predicted octanol–water partition coefficient (Wildman–Crippen LogP) is 0.786. The summed E-state index contributed by atoms with van der Waals surface area (Å²) < 4.78 is 5.16. The number of nitrogens with one attached hydrogen (secondary N) is 1. The van der Waals surface area contributed by atoms with Crippen molar-refractivity contribution in [2.24, 2.45) is 4.99 Å². The molecular formula is C16H13N3O4S. The molecule has 122 valence electrons. The van der Waals surface area contributed by atoms with Crippen LogP contribution in [0.1, 0.15) is 12.6 Å². The first-order valence-corrected chi connectivity index (χ1v) is 7.76.